The number of anilines is 1. The maximum Gasteiger partial charge on any atom is 0.280 e. The Hall–Kier alpha value is -4.17. The van der Waals surface area contributed by atoms with E-state index in [2.05, 4.69) is 20.3 Å². The molecule has 1 aliphatic heterocycles. The second-order valence-corrected chi connectivity index (χ2v) is 11.1. The first-order valence-corrected chi connectivity index (χ1v) is 13.8. The summed E-state index contributed by atoms with van der Waals surface area (Å²) in [5.74, 6) is 0.00999. The number of ether oxygens (including phenoxy) is 1. The normalized spacial score (nSPS) is 27.9. The number of rotatable bonds is 4. The first-order chi connectivity index (χ1) is 20.3. The fraction of sp³-hybridized carbons (Fsp3) is 0.300. The number of imidazole rings is 1. The largest absolute Gasteiger partial charge is 0.394 e. The molecule has 12 heteroatoms. The second-order valence-electron chi connectivity index (χ2n) is 11.1. The molecule has 2 aliphatic rings. The van der Waals surface area contributed by atoms with Crippen LogP contribution in [0.25, 0.3) is 43.5 Å². The molecule has 0 bridgehead atoms. The van der Waals surface area contributed by atoms with Crippen LogP contribution in [0, 0.1) is 0 Å². The highest BCUT2D eigenvalue weighted by Gasteiger charge is 2.42. The van der Waals surface area contributed by atoms with Crippen LogP contribution in [0.4, 0.5) is 5.95 Å². The van der Waals surface area contributed by atoms with Crippen LogP contribution in [0.1, 0.15) is 35.9 Å². The lowest BCUT2D eigenvalue weighted by Crippen LogP contribution is -2.44. The average Bonchev–Trinajstić information content (AvgIpc) is 3.59. The topological polar surface area (TPSA) is 186 Å². The van der Waals surface area contributed by atoms with E-state index in [4.69, 9.17) is 4.74 Å². The quantitative estimate of drug-likeness (QED) is 0.154. The second kappa shape index (κ2) is 9.16. The molecule has 1 fully saturated rings. The van der Waals surface area contributed by atoms with Crippen LogP contribution in [0.15, 0.2) is 59.7 Å². The summed E-state index contributed by atoms with van der Waals surface area (Å²) in [6, 6.07) is 14.9. The van der Waals surface area contributed by atoms with Gasteiger partial charge in [0.1, 0.15) is 30.6 Å². The molecular weight excluding hydrogens is 542 g/mol. The summed E-state index contributed by atoms with van der Waals surface area (Å²) >= 11 is 0. The van der Waals surface area contributed by atoms with Crippen molar-refractivity contribution >= 4 is 49.4 Å². The molecule has 12 nitrogen and oxygen atoms in total. The Morgan fingerprint density at radius 2 is 1.76 bits per heavy atom. The van der Waals surface area contributed by atoms with E-state index in [1.54, 1.807) is 0 Å². The van der Waals surface area contributed by atoms with E-state index in [-0.39, 0.29) is 30.1 Å². The van der Waals surface area contributed by atoms with Gasteiger partial charge in [-0.25, -0.2) is 4.98 Å². The summed E-state index contributed by atoms with van der Waals surface area (Å²) in [4.78, 5) is 24.5. The zero-order chi connectivity index (χ0) is 28.9. The molecule has 6 aromatic rings. The van der Waals surface area contributed by atoms with Gasteiger partial charge >= 0.3 is 0 Å². The molecule has 0 spiro atoms. The third-order valence-electron chi connectivity index (χ3n) is 8.78. The van der Waals surface area contributed by atoms with E-state index in [1.807, 2.05) is 48.5 Å². The minimum Gasteiger partial charge on any atom is -0.394 e. The Morgan fingerprint density at radius 3 is 2.52 bits per heavy atom. The van der Waals surface area contributed by atoms with E-state index >= 15 is 0 Å². The van der Waals surface area contributed by atoms with Crippen molar-refractivity contribution < 1.29 is 30.3 Å². The minimum atomic E-state index is -1.51. The van der Waals surface area contributed by atoms with Crippen molar-refractivity contribution in [3.63, 3.8) is 0 Å². The smallest absolute Gasteiger partial charge is 0.280 e. The number of aromatic nitrogens is 4. The Morgan fingerprint density at radius 1 is 1.00 bits per heavy atom. The van der Waals surface area contributed by atoms with E-state index < -0.39 is 48.3 Å². The maximum absolute atomic E-state index is 13.0. The molecule has 2 aromatic heterocycles. The lowest BCUT2D eigenvalue weighted by molar-refractivity contribution is -0.0767. The van der Waals surface area contributed by atoms with Gasteiger partial charge in [-0.15, -0.1) is 0 Å². The van der Waals surface area contributed by atoms with Gasteiger partial charge in [0, 0.05) is 6.42 Å². The van der Waals surface area contributed by atoms with Gasteiger partial charge < -0.3 is 35.6 Å². The van der Waals surface area contributed by atoms with Gasteiger partial charge in [-0.1, -0.05) is 42.5 Å². The number of aromatic amines is 1. The van der Waals surface area contributed by atoms with Gasteiger partial charge in [0.2, 0.25) is 5.95 Å². The number of nitrogens with zero attached hydrogens (tertiary/aromatic N) is 3. The molecule has 7 atom stereocenters. The number of H-pyrrole nitrogens is 1. The van der Waals surface area contributed by atoms with Crippen LogP contribution in [0.3, 0.4) is 0 Å². The molecule has 214 valence electrons. The highest BCUT2D eigenvalue weighted by Crippen LogP contribution is 2.46. The van der Waals surface area contributed by atoms with Gasteiger partial charge in [-0.3, -0.25) is 14.3 Å². The zero-order valence-corrected chi connectivity index (χ0v) is 22.0. The monoisotopic (exact) mass is 569 g/mol. The van der Waals surface area contributed by atoms with Crippen molar-refractivity contribution in [2.24, 2.45) is 0 Å². The lowest BCUT2D eigenvalue weighted by Gasteiger charge is -2.38. The molecule has 1 saturated heterocycles. The van der Waals surface area contributed by atoms with Crippen LogP contribution in [-0.2, 0) is 4.74 Å². The van der Waals surface area contributed by atoms with Crippen LogP contribution in [-0.4, -0.2) is 76.1 Å². The predicted octanol–water partition coefficient (Wildman–Crippen LogP) is 1.58. The molecule has 3 heterocycles. The Balaban J connectivity index is 1.29. The maximum atomic E-state index is 13.0. The Kier molecular flexibility index (Phi) is 5.57. The molecular formula is C30H27N5O7. The molecule has 0 radical (unpaired) electrons. The minimum absolute atomic E-state index is 0.00999. The van der Waals surface area contributed by atoms with Crippen molar-refractivity contribution in [1.82, 2.24) is 19.5 Å². The molecule has 1 aliphatic carbocycles. The van der Waals surface area contributed by atoms with Crippen LogP contribution in [0.5, 0.6) is 0 Å². The van der Waals surface area contributed by atoms with Crippen molar-refractivity contribution in [3.8, 4) is 0 Å². The molecule has 8 rings (SSSR count). The Bertz CT molecular complexity index is 2040. The van der Waals surface area contributed by atoms with Gasteiger partial charge in [-0.2, -0.15) is 4.98 Å². The number of aliphatic hydroxyl groups is 5. The molecule has 7 N–H and O–H groups in total. The summed E-state index contributed by atoms with van der Waals surface area (Å²) in [5.41, 5.74) is 0.746. The SMILES string of the molecule is O=c1[nH]c(N[C@H]2c3c(cc4ccc5cccc6ccc3c4c56)[C@@H](O)[C@H](O)[C@H]2O)nc2c1ncn2[C@H]1C[C@H](O)[C@@H](CO)O1. The van der Waals surface area contributed by atoms with Gasteiger partial charge in [0.25, 0.3) is 5.56 Å². The highest BCUT2D eigenvalue weighted by molar-refractivity contribution is 6.24. The fourth-order valence-electron chi connectivity index (χ4n) is 6.75. The molecule has 0 saturated carbocycles. The van der Waals surface area contributed by atoms with Crippen molar-refractivity contribution in [2.45, 2.75) is 49.2 Å². The number of nitrogens with one attached hydrogen (secondary N) is 2. The first-order valence-electron chi connectivity index (χ1n) is 13.8. The van der Waals surface area contributed by atoms with Gasteiger partial charge in [0.05, 0.1) is 25.1 Å². The molecule has 4 aromatic carbocycles. The summed E-state index contributed by atoms with van der Waals surface area (Å²) in [7, 11) is 0. The standard InChI is InChI=1S/C30H27N5O7/c36-10-18-17(37)9-19(42-18)35-11-31-24-28(35)33-30(34-29(24)41)32-23-22-15-7-6-13-3-1-2-12-4-5-14(21(15)20(12)13)8-16(22)25(38)27(40)26(23)39/h1-8,11,17-19,23,25-27,36-40H,9-10H2,(H2,32,33,34,41)/t17-,18+,19+,23-,25+,26-,27-/m0/s1. The predicted molar refractivity (Wildman–Crippen MR) is 153 cm³/mol. The summed E-state index contributed by atoms with van der Waals surface area (Å²) in [6.07, 6.45) is -5.10. The van der Waals surface area contributed by atoms with Gasteiger partial charge in [0.15, 0.2) is 11.2 Å². The molecule has 0 unspecified atom stereocenters. The first kappa shape index (κ1) is 25.5. The summed E-state index contributed by atoms with van der Waals surface area (Å²) < 4.78 is 7.27. The number of benzene rings is 4. The van der Waals surface area contributed by atoms with E-state index in [0.717, 1.165) is 32.3 Å². The van der Waals surface area contributed by atoms with Gasteiger partial charge in [-0.05, 0) is 49.5 Å². The lowest BCUT2D eigenvalue weighted by atomic mass is 9.77. The fourth-order valence-corrected chi connectivity index (χ4v) is 6.75. The van der Waals surface area contributed by atoms with Crippen molar-refractivity contribution in [1.29, 1.82) is 0 Å². The zero-order valence-electron chi connectivity index (χ0n) is 22.0. The highest BCUT2D eigenvalue weighted by atomic mass is 16.5. The van der Waals surface area contributed by atoms with Crippen LogP contribution >= 0.6 is 0 Å². The van der Waals surface area contributed by atoms with Crippen LogP contribution < -0.4 is 10.9 Å². The summed E-state index contributed by atoms with van der Waals surface area (Å²) in [5, 5.41) is 61.9. The number of aliphatic hydroxyl groups excluding tert-OH is 5. The van der Waals surface area contributed by atoms with E-state index in [1.165, 1.54) is 10.9 Å². The third kappa shape index (κ3) is 3.54. The molecule has 42 heavy (non-hydrogen) atoms. The molecule has 0 amide bonds. The Labute approximate surface area is 236 Å². The number of hydrogen-bond donors (Lipinski definition) is 7. The number of hydrogen-bond acceptors (Lipinski definition) is 10. The van der Waals surface area contributed by atoms with E-state index in [9.17, 15) is 30.3 Å². The number of fused-ring (bicyclic) bond motifs is 3. The van der Waals surface area contributed by atoms with Crippen molar-refractivity contribution in [3.05, 3.63) is 76.3 Å². The van der Waals surface area contributed by atoms with E-state index in [0.29, 0.717) is 11.1 Å². The summed E-state index contributed by atoms with van der Waals surface area (Å²) in [6.45, 7) is -0.361. The average molecular weight is 570 g/mol. The third-order valence-corrected chi connectivity index (χ3v) is 8.78. The van der Waals surface area contributed by atoms with Crippen LogP contribution in [0.2, 0.25) is 0 Å². The van der Waals surface area contributed by atoms with Crippen molar-refractivity contribution in [2.75, 3.05) is 11.9 Å².